The SMILES string of the molecule is C=CC(C)=CC1C(Cl)(Cl)C1(C=C)CC. The Morgan fingerprint density at radius 1 is 1.43 bits per heavy atom. The zero-order chi connectivity index (χ0) is 11.0. The average Bonchev–Trinajstić information content (AvgIpc) is 2.63. The molecule has 0 aromatic carbocycles. The minimum atomic E-state index is -0.687. The summed E-state index contributed by atoms with van der Waals surface area (Å²) < 4.78 is -0.687. The van der Waals surface area contributed by atoms with Gasteiger partial charge in [0, 0.05) is 11.3 Å². The van der Waals surface area contributed by atoms with Gasteiger partial charge in [0.25, 0.3) is 0 Å². The highest BCUT2D eigenvalue weighted by atomic mass is 35.5. The Kier molecular flexibility index (Phi) is 3.18. The molecule has 0 aromatic heterocycles. The van der Waals surface area contributed by atoms with Gasteiger partial charge >= 0.3 is 0 Å². The van der Waals surface area contributed by atoms with Crippen molar-refractivity contribution < 1.29 is 0 Å². The van der Waals surface area contributed by atoms with Gasteiger partial charge in [-0.25, -0.2) is 0 Å². The van der Waals surface area contributed by atoms with E-state index >= 15 is 0 Å². The predicted octanol–water partition coefficient (Wildman–Crippen LogP) is 4.50. The first kappa shape index (κ1) is 11.9. The van der Waals surface area contributed by atoms with Crippen LogP contribution in [0.5, 0.6) is 0 Å². The summed E-state index contributed by atoms with van der Waals surface area (Å²) in [6.07, 6.45) is 6.68. The molecule has 1 aliphatic carbocycles. The summed E-state index contributed by atoms with van der Waals surface area (Å²) in [5.41, 5.74) is 0.957. The van der Waals surface area contributed by atoms with Crippen LogP contribution in [0.3, 0.4) is 0 Å². The third-order valence-corrected chi connectivity index (χ3v) is 4.36. The molecule has 0 aromatic rings. The summed E-state index contributed by atoms with van der Waals surface area (Å²) in [4.78, 5) is 0. The number of hydrogen-bond acceptors (Lipinski definition) is 0. The second-order valence-electron chi connectivity index (χ2n) is 3.81. The molecule has 2 unspecified atom stereocenters. The van der Waals surface area contributed by atoms with Gasteiger partial charge < -0.3 is 0 Å². The van der Waals surface area contributed by atoms with E-state index in [1.54, 1.807) is 0 Å². The smallest absolute Gasteiger partial charge is 0.102 e. The molecule has 0 nitrogen and oxygen atoms in total. The van der Waals surface area contributed by atoms with Gasteiger partial charge in [-0.2, -0.15) is 0 Å². The summed E-state index contributed by atoms with van der Waals surface area (Å²) in [5.74, 6) is 0.166. The van der Waals surface area contributed by atoms with Crippen LogP contribution in [0, 0.1) is 11.3 Å². The van der Waals surface area contributed by atoms with Crippen molar-refractivity contribution in [3.05, 3.63) is 37.0 Å². The summed E-state index contributed by atoms with van der Waals surface area (Å²) >= 11 is 12.5. The first-order chi connectivity index (χ1) is 6.46. The lowest BCUT2D eigenvalue weighted by Gasteiger charge is -2.07. The van der Waals surface area contributed by atoms with Crippen LogP contribution in [0.25, 0.3) is 0 Å². The van der Waals surface area contributed by atoms with E-state index in [2.05, 4.69) is 26.2 Å². The van der Waals surface area contributed by atoms with Crippen molar-refractivity contribution in [1.29, 1.82) is 0 Å². The number of allylic oxidation sites excluding steroid dienone is 4. The van der Waals surface area contributed by atoms with Gasteiger partial charge in [-0.3, -0.25) is 0 Å². The molecule has 0 amide bonds. The van der Waals surface area contributed by atoms with Crippen LogP contribution in [-0.4, -0.2) is 4.33 Å². The molecule has 1 saturated carbocycles. The number of alkyl halides is 2. The Labute approximate surface area is 96.3 Å². The van der Waals surface area contributed by atoms with Crippen molar-refractivity contribution in [1.82, 2.24) is 0 Å². The topological polar surface area (TPSA) is 0 Å². The Morgan fingerprint density at radius 3 is 2.29 bits per heavy atom. The van der Waals surface area contributed by atoms with Gasteiger partial charge in [-0.05, 0) is 13.3 Å². The van der Waals surface area contributed by atoms with Crippen molar-refractivity contribution in [2.45, 2.75) is 24.6 Å². The van der Waals surface area contributed by atoms with Crippen molar-refractivity contribution >= 4 is 23.2 Å². The highest BCUT2D eigenvalue weighted by Gasteiger charge is 2.71. The molecule has 78 valence electrons. The van der Waals surface area contributed by atoms with Crippen LogP contribution in [0.1, 0.15) is 20.3 Å². The van der Waals surface area contributed by atoms with Crippen molar-refractivity contribution in [3.63, 3.8) is 0 Å². The van der Waals surface area contributed by atoms with Gasteiger partial charge in [-0.15, -0.1) is 6.58 Å². The van der Waals surface area contributed by atoms with E-state index in [-0.39, 0.29) is 11.3 Å². The Balaban J connectivity index is 2.95. The normalized spacial score (nSPS) is 35.1. The molecule has 0 bridgehead atoms. The molecule has 2 atom stereocenters. The summed E-state index contributed by atoms with van der Waals surface area (Å²) in [5, 5.41) is 0. The first-order valence-corrected chi connectivity index (χ1v) is 5.54. The largest absolute Gasteiger partial charge is 0.135 e. The van der Waals surface area contributed by atoms with Crippen molar-refractivity contribution in [2.75, 3.05) is 0 Å². The summed E-state index contributed by atoms with van der Waals surface area (Å²) in [6, 6.07) is 0. The second-order valence-corrected chi connectivity index (χ2v) is 5.20. The van der Waals surface area contributed by atoms with E-state index in [0.717, 1.165) is 12.0 Å². The molecular weight excluding hydrogens is 215 g/mol. The maximum absolute atomic E-state index is 6.25. The van der Waals surface area contributed by atoms with Crippen molar-refractivity contribution in [3.8, 4) is 0 Å². The molecular formula is C12H16Cl2. The van der Waals surface area contributed by atoms with E-state index in [1.165, 1.54) is 0 Å². The molecule has 14 heavy (non-hydrogen) atoms. The average molecular weight is 231 g/mol. The van der Waals surface area contributed by atoms with Gasteiger partial charge in [0.05, 0.1) is 0 Å². The lowest BCUT2D eigenvalue weighted by molar-refractivity contribution is 0.584. The third-order valence-electron chi connectivity index (χ3n) is 3.18. The second kappa shape index (κ2) is 3.75. The molecule has 0 radical (unpaired) electrons. The molecule has 1 aliphatic rings. The molecule has 1 fully saturated rings. The van der Waals surface area contributed by atoms with Crippen LogP contribution in [0.4, 0.5) is 0 Å². The first-order valence-electron chi connectivity index (χ1n) is 4.78. The predicted molar refractivity (Wildman–Crippen MR) is 64.8 cm³/mol. The number of hydrogen-bond donors (Lipinski definition) is 0. The Bertz CT molecular complexity index is 289. The molecule has 0 saturated heterocycles. The fraction of sp³-hybridized carbons (Fsp3) is 0.500. The summed E-state index contributed by atoms with van der Waals surface area (Å²) in [6.45, 7) is 11.6. The van der Waals surface area contributed by atoms with Gasteiger partial charge in [-0.1, -0.05) is 60.5 Å². The number of rotatable bonds is 4. The maximum Gasteiger partial charge on any atom is 0.135 e. The molecule has 0 spiro atoms. The van der Waals surface area contributed by atoms with E-state index in [0.29, 0.717) is 0 Å². The van der Waals surface area contributed by atoms with Crippen LogP contribution in [-0.2, 0) is 0 Å². The zero-order valence-corrected chi connectivity index (χ0v) is 10.2. The zero-order valence-electron chi connectivity index (χ0n) is 8.69. The van der Waals surface area contributed by atoms with Gasteiger partial charge in [0.1, 0.15) is 4.33 Å². The summed E-state index contributed by atoms with van der Waals surface area (Å²) in [7, 11) is 0. The quantitative estimate of drug-likeness (QED) is 0.379. The Morgan fingerprint density at radius 2 is 2.00 bits per heavy atom. The molecule has 0 N–H and O–H groups in total. The minimum Gasteiger partial charge on any atom is -0.102 e. The highest BCUT2D eigenvalue weighted by molar-refractivity contribution is 6.52. The van der Waals surface area contributed by atoms with Crippen LogP contribution < -0.4 is 0 Å². The molecule has 1 rings (SSSR count). The number of halogens is 2. The van der Waals surface area contributed by atoms with E-state index < -0.39 is 4.33 Å². The van der Waals surface area contributed by atoms with Crippen LogP contribution in [0.15, 0.2) is 37.0 Å². The van der Waals surface area contributed by atoms with E-state index in [4.69, 9.17) is 23.2 Å². The molecule has 2 heteroatoms. The monoisotopic (exact) mass is 230 g/mol. The molecule has 0 aliphatic heterocycles. The van der Waals surface area contributed by atoms with E-state index in [1.807, 2.05) is 19.1 Å². The van der Waals surface area contributed by atoms with Crippen LogP contribution >= 0.6 is 23.2 Å². The van der Waals surface area contributed by atoms with Crippen LogP contribution in [0.2, 0.25) is 0 Å². The van der Waals surface area contributed by atoms with Gasteiger partial charge in [0.2, 0.25) is 0 Å². The van der Waals surface area contributed by atoms with E-state index in [9.17, 15) is 0 Å². The molecule has 0 heterocycles. The highest BCUT2D eigenvalue weighted by Crippen LogP contribution is 2.72. The fourth-order valence-electron chi connectivity index (χ4n) is 1.95. The third kappa shape index (κ3) is 1.45. The fourth-order valence-corrected chi connectivity index (χ4v) is 3.02. The lowest BCUT2D eigenvalue weighted by Crippen LogP contribution is -2.03. The lowest BCUT2D eigenvalue weighted by atomic mass is 9.99. The Hall–Kier alpha value is -0.200. The van der Waals surface area contributed by atoms with Crippen molar-refractivity contribution in [2.24, 2.45) is 11.3 Å². The standard InChI is InChI=1S/C12H16Cl2/c1-5-9(4)8-10-11(6-2,7-3)12(10,13)14/h5-6,8,10H,1-2,7H2,3-4H3. The maximum atomic E-state index is 6.25. The van der Waals surface area contributed by atoms with Gasteiger partial charge in [0.15, 0.2) is 0 Å². The minimum absolute atomic E-state index is 0.152.